The molecule has 0 fully saturated rings. The highest BCUT2D eigenvalue weighted by molar-refractivity contribution is 5.75. The fraction of sp³-hybridized carbons (Fsp3) is 0.381. The summed E-state index contributed by atoms with van der Waals surface area (Å²) in [4.78, 5) is 4.78. The third-order valence-corrected chi connectivity index (χ3v) is 4.36. The second-order valence-electron chi connectivity index (χ2n) is 6.64. The summed E-state index contributed by atoms with van der Waals surface area (Å²) in [5.74, 6) is 2.56. The first kappa shape index (κ1) is 16.6. The van der Waals surface area contributed by atoms with Crippen LogP contribution in [0.15, 0.2) is 48.5 Å². The van der Waals surface area contributed by atoms with Crippen LogP contribution in [-0.2, 0) is 19.6 Å². The SMILES string of the molecule is CCc1ccc(OCc2nc3ccccc3n2CCC(C)C)cc1. The third kappa shape index (κ3) is 3.78. The molecule has 1 aromatic heterocycles. The van der Waals surface area contributed by atoms with Gasteiger partial charge in [-0.3, -0.25) is 0 Å². The van der Waals surface area contributed by atoms with Crippen LogP contribution in [0.3, 0.4) is 0 Å². The summed E-state index contributed by atoms with van der Waals surface area (Å²) in [6.45, 7) is 8.14. The molecular formula is C21H26N2O. The van der Waals surface area contributed by atoms with Crippen LogP contribution in [-0.4, -0.2) is 9.55 Å². The molecule has 1 heterocycles. The van der Waals surface area contributed by atoms with Crippen molar-refractivity contribution < 1.29 is 4.74 Å². The summed E-state index contributed by atoms with van der Waals surface area (Å²) in [5, 5.41) is 0. The average molecular weight is 322 g/mol. The van der Waals surface area contributed by atoms with Crippen molar-refractivity contribution in [1.82, 2.24) is 9.55 Å². The van der Waals surface area contributed by atoms with Gasteiger partial charge in [-0.15, -0.1) is 0 Å². The molecule has 3 nitrogen and oxygen atoms in total. The molecule has 0 N–H and O–H groups in total. The molecule has 3 aromatic rings. The minimum Gasteiger partial charge on any atom is -0.486 e. The van der Waals surface area contributed by atoms with E-state index in [0.29, 0.717) is 12.5 Å². The number of hydrogen-bond donors (Lipinski definition) is 0. The number of para-hydroxylation sites is 2. The lowest BCUT2D eigenvalue weighted by Crippen LogP contribution is -2.09. The van der Waals surface area contributed by atoms with E-state index in [0.717, 1.165) is 36.5 Å². The van der Waals surface area contributed by atoms with Crippen LogP contribution in [0.4, 0.5) is 0 Å². The van der Waals surface area contributed by atoms with Gasteiger partial charge in [0.25, 0.3) is 0 Å². The van der Waals surface area contributed by atoms with E-state index in [1.54, 1.807) is 0 Å². The van der Waals surface area contributed by atoms with Gasteiger partial charge in [0.2, 0.25) is 0 Å². The Morgan fingerprint density at radius 1 is 1.04 bits per heavy atom. The van der Waals surface area contributed by atoms with Crippen molar-refractivity contribution in [2.75, 3.05) is 0 Å². The summed E-state index contributed by atoms with van der Waals surface area (Å²) >= 11 is 0. The average Bonchev–Trinajstić information content (AvgIpc) is 2.96. The Morgan fingerprint density at radius 3 is 2.50 bits per heavy atom. The van der Waals surface area contributed by atoms with Gasteiger partial charge in [-0.25, -0.2) is 4.98 Å². The van der Waals surface area contributed by atoms with E-state index in [1.807, 2.05) is 18.2 Å². The van der Waals surface area contributed by atoms with Crippen molar-refractivity contribution in [3.05, 3.63) is 59.9 Å². The number of rotatable bonds is 7. The number of fused-ring (bicyclic) bond motifs is 1. The first-order valence-corrected chi connectivity index (χ1v) is 8.83. The van der Waals surface area contributed by atoms with Crippen LogP contribution in [0.1, 0.15) is 38.6 Å². The fourth-order valence-electron chi connectivity index (χ4n) is 2.84. The molecule has 0 radical (unpaired) electrons. The molecule has 0 bridgehead atoms. The van der Waals surface area contributed by atoms with E-state index >= 15 is 0 Å². The molecule has 0 aliphatic carbocycles. The largest absolute Gasteiger partial charge is 0.486 e. The lowest BCUT2D eigenvalue weighted by atomic mass is 10.1. The molecule has 3 heteroatoms. The molecule has 2 aromatic carbocycles. The van der Waals surface area contributed by atoms with Crippen molar-refractivity contribution in [2.45, 2.75) is 46.8 Å². The van der Waals surface area contributed by atoms with Gasteiger partial charge in [-0.1, -0.05) is 45.0 Å². The van der Waals surface area contributed by atoms with Gasteiger partial charge >= 0.3 is 0 Å². The van der Waals surface area contributed by atoms with Crippen molar-refractivity contribution >= 4 is 11.0 Å². The maximum Gasteiger partial charge on any atom is 0.147 e. The number of aryl methyl sites for hydroxylation is 2. The maximum atomic E-state index is 5.99. The van der Waals surface area contributed by atoms with E-state index in [4.69, 9.17) is 9.72 Å². The van der Waals surface area contributed by atoms with E-state index in [2.05, 4.69) is 55.7 Å². The van der Waals surface area contributed by atoms with Gasteiger partial charge in [-0.2, -0.15) is 0 Å². The van der Waals surface area contributed by atoms with E-state index in [1.165, 1.54) is 11.1 Å². The second kappa shape index (κ2) is 7.52. The Balaban J connectivity index is 1.80. The summed E-state index contributed by atoms with van der Waals surface area (Å²) in [5.41, 5.74) is 3.56. The fourth-order valence-corrected chi connectivity index (χ4v) is 2.84. The van der Waals surface area contributed by atoms with Crippen LogP contribution in [0.2, 0.25) is 0 Å². The summed E-state index contributed by atoms with van der Waals surface area (Å²) in [6, 6.07) is 16.7. The van der Waals surface area contributed by atoms with Gasteiger partial charge in [-0.05, 0) is 48.6 Å². The van der Waals surface area contributed by atoms with Crippen LogP contribution in [0.25, 0.3) is 11.0 Å². The first-order valence-electron chi connectivity index (χ1n) is 8.83. The second-order valence-corrected chi connectivity index (χ2v) is 6.64. The van der Waals surface area contributed by atoms with Gasteiger partial charge < -0.3 is 9.30 Å². The van der Waals surface area contributed by atoms with Crippen molar-refractivity contribution in [2.24, 2.45) is 5.92 Å². The minimum absolute atomic E-state index is 0.498. The van der Waals surface area contributed by atoms with Crippen LogP contribution >= 0.6 is 0 Å². The highest BCUT2D eigenvalue weighted by Crippen LogP contribution is 2.20. The molecule has 126 valence electrons. The minimum atomic E-state index is 0.498. The molecule has 0 aliphatic rings. The molecule has 0 saturated carbocycles. The molecule has 24 heavy (non-hydrogen) atoms. The number of benzene rings is 2. The van der Waals surface area contributed by atoms with Crippen LogP contribution in [0, 0.1) is 5.92 Å². The Morgan fingerprint density at radius 2 is 1.79 bits per heavy atom. The monoisotopic (exact) mass is 322 g/mol. The predicted octanol–water partition coefficient (Wildman–Crippen LogP) is 5.22. The number of nitrogens with zero attached hydrogens (tertiary/aromatic N) is 2. The van der Waals surface area contributed by atoms with E-state index in [-0.39, 0.29) is 0 Å². The van der Waals surface area contributed by atoms with Gasteiger partial charge in [0.05, 0.1) is 11.0 Å². The summed E-state index contributed by atoms with van der Waals surface area (Å²) in [6.07, 6.45) is 2.18. The molecule has 3 rings (SSSR count). The molecule has 0 atom stereocenters. The van der Waals surface area contributed by atoms with Gasteiger partial charge in [0.15, 0.2) is 0 Å². The van der Waals surface area contributed by atoms with Crippen molar-refractivity contribution in [3.8, 4) is 5.75 Å². The summed E-state index contributed by atoms with van der Waals surface area (Å²) < 4.78 is 8.29. The van der Waals surface area contributed by atoms with E-state index in [9.17, 15) is 0 Å². The summed E-state index contributed by atoms with van der Waals surface area (Å²) in [7, 11) is 0. The molecule has 0 aliphatic heterocycles. The maximum absolute atomic E-state index is 5.99. The third-order valence-electron chi connectivity index (χ3n) is 4.36. The zero-order valence-corrected chi connectivity index (χ0v) is 14.8. The topological polar surface area (TPSA) is 27.1 Å². The highest BCUT2D eigenvalue weighted by atomic mass is 16.5. The zero-order valence-electron chi connectivity index (χ0n) is 14.8. The van der Waals surface area contributed by atoms with Crippen LogP contribution in [0.5, 0.6) is 5.75 Å². The van der Waals surface area contributed by atoms with Gasteiger partial charge in [0, 0.05) is 6.54 Å². The van der Waals surface area contributed by atoms with E-state index < -0.39 is 0 Å². The highest BCUT2D eigenvalue weighted by Gasteiger charge is 2.11. The Labute approximate surface area is 144 Å². The smallest absolute Gasteiger partial charge is 0.147 e. The lowest BCUT2D eigenvalue weighted by molar-refractivity contribution is 0.288. The first-order chi connectivity index (χ1) is 11.7. The number of ether oxygens (including phenoxy) is 1. The number of hydrogen-bond acceptors (Lipinski definition) is 2. The number of imidazole rings is 1. The number of aromatic nitrogens is 2. The molecule has 0 amide bonds. The van der Waals surface area contributed by atoms with Crippen LogP contribution < -0.4 is 4.74 Å². The molecule has 0 saturated heterocycles. The molecular weight excluding hydrogens is 296 g/mol. The quantitative estimate of drug-likeness (QED) is 0.596. The standard InChI is InChI=1S/C21H26N2O/c1-4-17-9-11-18(12-10-17)24-15-21-22-19-7-5-6-8-20(19)23(21)14-13-16(2)3/h5-12,16H,4,13-15H2,1-3H3. The zero-order chi connectivity index (χ0) is 16.9. The lowest BCUT2D eigenvalue weighted by Gasteiger charge is -2.12. The van der Waals surface area contributed by atoms with Crippen molar-refractivity contribution in [3.63, 3.8) is 0 Å². The van der Waals surface area contributed by atoms with Gasteiger partial charge in [0.1, 0.15) is 18.2 Å². The Kier molecular flexibility index (Phi) is 5.19. The molecule has 0 spiro atoms. The normalized spacial score (nSPS) is 11.3. The Bertz CT molecular complexity index is 787. The Hall–Kier alpha value is -2.29. The molecule has 0 unspecified atom stereocenters. The predicted molar refractivity (Wildman–Crippen MR) is 99.3 cm³/mol. The van der Waals surface area contributed by atoms with Crippen molar-refractivity contribution in [1.29, 1.82) is 0 Å².